The van der Waals surface area contributed by atoms with Crippen LogP contribution in [0.25, 0.3) is 11.1 Å². The lowest BCUT2D eigenvalue weighted by molar-refractivity contribution is -0.125. The van der Waals surface area contributed by atoms with E-state index in [-0.39, 0.29) is 18.2 Å². The minimum absolute atomic E-state index is 0.0326. The van der Waals surface area contributed by atoms with E-state index >= 15 is 0 Å². The SMILES string of the molecule is COc1ccc(NC(=O)[C@@H]2CC(=O)Nc3c(-c4ccccc4)cnn32)cc1. The van der Waals surface area contributed by atoms with E-state index in [1.54, 1.807) is 42.3 Å². The molecule has 0 unspecified atom stereocenters. The van der Waals surface area contributed by atoms with Crippen molar-refractivity contribution in [1.29, 1.82) is 0 Å². The van der Waals surface area contributed by atoms with Gasteiger partial charge in [0, 0.05) is 11.3 Å². The van der Waals surface area contributed by atoms with Gasteiger partial charge in [0.1, 0.15) is 17.6 Å². The van der Waals surface area contributed by atoms with Crippen molar-refractivity contribution in [2.24, 2.45) is 0 Å². The molecule has 1 atom stereocenters. The Bertz CT molecular complexity index is 980. The van der Waals surface area contributed by atoms with Crippen molar-refractivity contribution >= 4 is 23.3 Å². The Morgan fingerprint density at radius 1 is 1.19 bits per heavy atom. The van der Waals surface area contributed by atoms with Gasteiger partial charge in [-0.25, -0.2) is 4.68 Å². The number of amides is 2. The zero-order valence-electron chi connectivity index (χ0n) is 14.7. The number of benzene rings is 2. The van der Waals surface area contributed by atoms with Gasteiger partial charge in [-0.3, -0.25) is 9.59 Å². The third-order valence-corrected chi connectivity index (χ3v) is 4.47. The zero-order valence-corrected chi connectivity index (χ0v) is 14.7. The molecule has 7 heteroatoms. The average molecular weight is 362 g/mol. The summed E-state index contributed by atoms with van der Waals surface area (Å²) in [6, 6.07) is 15.9. The fourth-order valence-electron chi connectivity index (χ4n) is 3.10. The molecule has 0 fully saturated rings. The second-order valence-corrected chi connectivity index (χ2v) is 6.20. The van der Waals surface area contributed by atoms with Crippen molar-refractivity contribution in [2.45, 2.75) is 12.5 Å². The molecule has 2 aromatic carbocycles. The molecule has 0 radical (unpaired) electrons. The van der Waals surface area contributed by atoms with Gasteiger partial charge in [-0.05, 0) is 29.8 Å². The number of ether oxygens (including phenoxy) is 1. The number of methoxy groups -OCH3 is 1. The number of nitrogens with one attached hydrogen (secondary N) is 2. The van der Waals surface area contributed by atoms with Crippen LogP contribution >= 0.6 is 0 Å². The van der Waals surface area contributed by atoms with E-state index in [9.17, 15) is 9.59 Å². The van der Waals surface area contributed by atoms with Crippen LogP contribution in [0.4, 0.5) is 11.5 Å². The fraction of sp³-hybridized carbons (Fsp3) is 0.150. The highest BCUT2D eigenvalue weighted by molar-refractivity contribution is 6.03. The third-order valence-electron chi connectivity index (χ3n) is 4.47. The summed E-state index contributed by atoms with van der Waals surface area (Å²) in [7, 11) is 1.58. The van der Waals surface area contributed by atoms with Gasteiger partial charge < -0.3 is 15.4 Å². The van der Waals surface area contributed by atoms with Crippen molar-refractivity contribution in [3.63, 3.8) is 0 Å². The molecule has 7 nitrogen and oxygen atoms in total. The van der Waals surface area contributed by atoms with Gasteiger partial charge in [0.25, 0.3) is 0 Å². The molecule has 0 saturated heterocycles. The van der Waals surface area contributed by atoms with Gasteiger partial charge in [0.2, 0.25) is 11.8 Å². The molecule has 0 aliphatic carbocycles. The number of hydrogen-bond donors (Lipinski definition) is 2. The first-order valence-corrected chi connectivity index (χ1v) is 8.53. The van der Waals surface area contributed by atoms with Crippen molar-refractivity contribution in [3.8, 4) is 16.9 Å². The minimum atomic E-state index is -0.715. The van der Waals surface area contributed by atoms with Crippen LogP contribution in [-0.2, 0) is 9.59 Å². The van der Waals surface area contributed by atoms with Crippen LogP contribution in [0.15, 0.2) is 60.8 Å². The number of carbonyl (C=O) groups excluding carboxylic acids is 2. The van der Waals surface area contributed by atoms with Crippen LogP contribution in [0.5, 0.6) is 5.75 Å². The van der Waals surface area contributed by atoms with Crippen LogP contribution in [0.2, 0.25) is 0 Å². The van der Waals surface area contributed by atoms with Gasteiger partial charge >= 0.3 is 0 Å². The Balaban J connectivity index is 1.62. The fourth-order valence-corrected chi connectivity index (χ4v) is 3.10. The van der Waals surface area contributed by atoms with Gasteiger partial charge in [-0.1, -0.05) is 30.3 Å². The van der Waals surface area contributed by atoms with Crippen molar-refractivity contribution in [2.75, 3.05) is 17.7 Å². The molecule has 0 spiro atoms. The molecule has 2 N–H and O–H groups in total. The topological polar surface area (TPSA) is 85.2 Å². The molecule has 136 valence electrons. The molecule has 1 aromatic heterocycles. The third kappa shape index (κ3) is 3.27. The summed E-state index contributed by atoms with van der Waals surface area (Å²) >= 11 is 0. The summed E-state index contributed by atoms with van der Waals surface area (Å²) in [5, 5.41) is 10.0. The molecule has 2 amide bonds. The first kappa shape index (κ1) is 16.8. The lowest BCUT2D eigenvalue weighted by Crippen LogP contribution is -2.35. The van der Waals surface area contributed by atoms with E-state index in [1.165, 1.54) is 0 Å². The highest BCUT2D eigenvalue weighted by Crippen LogP contribution is 2.34. The van der Waals surface area contributed by atoms with Crippen LogP contribution < -0.4 is 15.4 Å². The number of hydrogen-bond acceptors (Lipinski definition) is 4. The van der Waals surface area contributed by atoms with E-state index < -0.39 is 6.04 Å². The van der Waals surface area contributed by atoms with Crippen LogP contribution in [0.1, 0.15) is 12.5 Å². The quantitative estimate of drug-likeness (QED) is 0.747. The first-order valence-electron chi connectivity index (χ1n) is 8.53. The van der Waals surface area contributed by atoms with E-state index in [0.717, 1.165) is 11.1 Å². The molecule has 0 bridgehead atoms. The number of anilines is 2. The first-order chi connectivity index (χ1) is 13.2. The monoisotopic (exact) mass is 362 g/mol. The van der Waals surface area contributed by atoms with Crippen molar-refractivity contribution < 1.29 is 14.3 Å². The Morgan fingerprint density at radius 3 is 2.63 bits per heavy atom. The molecular formula is C20H18N4O3. The van der Waals surface area contributed by atoms with E-state index in [2.05, 4.69) is 15.7 Å². The van der Waals surface area contributed by atoms with E-state index in [0.29, 0.717) is 17.3 Å². The smallest absolute Gasteiger partial charge is 0.249 e. The van der Waals surface area contributed by atoms with Gasteiger partial charge in [-0.15, -0.1) is 0 Å². The Kier molecular flexibility index (Phi) is 4.33. The number of nitrogens with zero attached hydrogens (tertiary/aromatic N) is 2. The standard InChI is InChI=1S/C20H18N4O3/c1-27-15-9-7-14(8-10-15)22-20(26)17-11-18(25)23-19-16(12-21-24(17)19)13-5-3-2-4-6-13/h2-10,12,17H,11H2,1H3,(H,22,26)(H,23,25)/t17-/m0/s1. The molecule has 2 heterocycles. The van der Waals surface area contributed by atoms with Crippen LogP contribution in [0.3, 0.4) is 0 Å². The average Bonchev–Trinajstić information content (AvgIpc) is 3.12. The second kappa shape index (κ2) is 6.95. The number of carbonyl (C=O) groups is 2. The summed E-state index contributed by atoms with van der Waals surface area (Å²) in [5.41, 5.74) is 2.34. The van der Waals surface area contributed by atoms with Crippen molar-refractivity contribution in [1.82, 2.24) is 9.78 Å². The summed E-state index contributed by atoms with van der Waals surface area (Å²) in [4.78, 5) is 25.0. The number of rotatable bonds is 4. The maximum Gasteiger partial charge on any atom is 0.249 e. The Labute approximate surface area is 156 Å². The predicted molar refractivity (Wildman–Crippen MR) is 102 cm³/mol. The van der Waals surface area contributed by atoms with Gasteiger partial charge in [0.15, 0.2) is 0 Å². The number of aromatic nitrogens is 2. The van der Waals surface area contributed by atoms with E-state index in [4.69, 9.17) is 4.74 Å². The molecular weight excluding hydrogens is 344 g/mol. The largest absolute Gasteiger partial charge is 0.497 e. The lowest BCUT2D eigenvalue weighted by Gasteiger charge is -2.24. The molecule has 1 aliphatic heterocycles. The highest BCUT2D eigenvalue weighted by Gasteiger charge is 2.33. The number of fused-ring (bicyclic) bond motifs is 1. The summed E-state index contributed by atoms with van der Waals surface area (Å²) in [6.07, 6.45) is 1.70. The second-order valence-electron chi connectivity index (χ2n) is 6.20. The Morgan fingerprint density at radius 2 is 1.93 bits per heavy atom. The minimum Gasteiger partial charge on any atom is -0.497 e. The van der Waals surface area contributed by atoms with Crippen molar-refractivity contribution in [3.05, 3.63) is 60.8 Å². The molecule has 27 heavy (non-hydrogen) atoms. The normalized spacial score (nSPS) is 15.6. The molecule has 0 saturated carbocycles. The predicted octanol–water partition coefficient (Wildman–Crippen LogP) is 3.08. The summed E-state index contributed by atoms with van der Waals surface area (Å²) in [5.74, 6) is 0.730. The molecule has 4 rings (SSSR count). The summed E-state index contributed by atoms with van der Waals surface area (Å²) < 4.78 is 6.69. The lowest BCUT2D eigenvalue weighted by atomic mass is 10.1. The van der Waals surface area contributed by atoms with Gasteiger partial charge in [-0.2, -0.15) is 5.10 Å². The molecule has 1 aliphatic rings. The van der Waals surface area contributed by atoms with Gasteiger partial charge in [0.05, 0.1) is 19.7 Å². The maximum absolute atomic E-state index is 12.8. The summed E-state index contributed by atoms with van der Waals surface area (Å²) in [6.45, 7) is 0. The van der Waals surface area contributed by atoms with Crippen LogP contribution in [0, 0.1) is 0 Å². The maximum atomic E-state index is 12.8. The van der Waals surface area contributed by atoms with Crippen LogP contribution in [-0.4, -0.2) is 28.7 Å². The molecule has 3 aromatic rings. The zero-order chi connectivity index (χ0) is 18.8. The van der Waals surface area contributed by atoms with E-state index in [1.807, 2.05) is 30.3 Å². The Hall–Kier alpha value is -3.61. The highest BCUT2D eigenvalue weighted by atomic mass is 16.5.